The van der Waals surface area contributed by atoms with Crippen molar-refractivity contribution < 1.29 is 14.2 Å². The third kappa shape index (κ3) is 3.88. The highest BCUT2D eigenvalue weighted by Crippen LogP contribution is 2.47. The quantitative estimate of drug-likeness (QED) is 0.614. The minimum absolute atomic E-state index is 0.0599. The summed E-state index contributed by atoms with van der Waals surface area (Å²) in [5, 5.41) is 0. The zero-order valence-electron chi connectivity index (χ0n) is 8.44. The Balaban J connectivity index is 2.66. The van der Waals surface area contributed by atoms with Crippen LogP contribution in [0.2, 0.25) is 0 Å². The van der Waals surface area contributed by atoms with Crippen LogP contribution in [-0.4, -0.2) is 53.3 Å². The highest BCUT2D eigenvalue weighted by molar-refractivity contribution is 7.55. The molecule has 1 saturated heterocycles. The van der Waals surface area contributed by atoms with Gasteiger partial charge >= 0.3 is 0 Å². The first-order valence-electron chi connectivity index (χ1n) is 4.90. The second-order valence-electron chi connectivity index (χ2n) is 3.45. The molecule has 0 aromatic rings. The minimum Gasteiger partial charge on any atom is -0.378 e. The third-order valence-corrected chi connectivity index (χ3v) is 5.22. The van der Waals surface area contributed by atoms with E-state index in [0.717, 1.165) is 0 Å². The van der Waals surface area contributed by atoms with Gasteiger partial charge in [0.1, 0.15) is 0 Å². The lowest BCUT2D eigenvalue weighted by atomic mass is 10.2. The molecular weight excluding hydrogens is 260 g/mol. The molecule has 4 nitrogen and oxygen atoms in total. The van der Waals surface area contributed by atoms with Crippen LogP contribution in [0.15, 0.2) is 0 Å². The van der Waals surface area contributed by atoms with Crippen LogP contribution in [0.5, 0.6) is 0 Å². The highest BCUT2D eigenvalue weighted by Gasteiger charge is 2.35. The molecule has 0 saturated carbocycles. The fourth-order valence-corrected chi connectivity index (χ4v) is 4.13. The van der Waals surface area contributed by atoms with Gasteiger partial charge in [0.2, 0.25) is 0 Å². The fourth-order valence-electron chi connectivity index (χ4n) is 1.65. The molecule has 1 rings (SSSR count). The largest absolute Gasteiger partial charge is 0.378 e. The standard InChI is InChI=1S/C8H16Cl2NO3P/c9-2-1-8-7-14-5-4-11(8)15(12,13)6-3-10/h8H,1-7H2,(H,12,13). The van der Waals surface area contributed by atoms with Crippen molar-refractivity contribution in [2.75, 3.05) is 37.7 Å². The Kier molecular flexibility index (Phi) is 5.90. The molecule has 0 aromatic heterocycles. The van der Waals surface area contributed by atoms with E-state index in [1.165, 1.54) is 0 Å². The van der Waals surface area contributed by atoms with E-state index < -0.39 is 7.52 Å². The van der Waals surface area contributed by atoms with E-state index in [1.54, 1.807) is 4.67 Å². The normalized spacial score (nSPS) is 27.5. The molecule has 0 radical (unpaired) electrons. The van der Waals surface area contributed by atoms with E-state index in [2.05, 4.69) is 0 Å². The van der Waals surface area contributed by atoms with Crippen LogP contribution in [-0.2, 0) is 9.30 Å². The van der Waals surface area contributed by atoms with Crippen LogP contribution in [0.4, 0.5) is 0 Å². The first-order chi connectivity index (χ1) is 7.11. The summed E-state index contributed by atoms with van der Waals surface area (Å²) in [5.74, 6) is 0.657. The summed E-state index contributed by atoms with van der Waals surface area (Å²) in [6.45, 7) is 1.44. The van der Waals surface area contributed by atoms with Gasteiger partial charge in [-0.05, 0) is 6.42 Å². The summed E-state index contributed by atoms with van der Waals surface area (Å²) in [5.41, 5.74) is 0. The van der Waals surface area contributed by atoms with E-state index in [1.807, 2.05) is 0 Å². The molecule has 0 aliphatic carbocycles. The molecule has 7 heteroatoms. The molecule has 0 bridgehead atoms. The topological polar surface area (TPSA) is 49.8 Å². The first-order valence-corrected chi connectivity index (χ1v) is 7.77. The van der Waals surface area contributed by atoms with Gasteiger partial charge in [-0.2, -0.15) is 0 Å². The minimum atomic E-state index is -3.29. The van der Waals surface area contributed by atoms with Gasteiger partial charge in [-0.1, -0.05) is 0 Å². The van der Waals surface area contributed by atoms with Crippen LogP contribution < -0.4 is 0 Å². The van der Waals surface area contributed by atoms with Crippen molar-refractivity contribution in [1.82, 2.24) is 4.67 Å². The summed E-state index contributed by atoms with van der Waals surface area (Å²) in [6.07, 6.45) is 0.779. The van der Waals surface area contributed by atoms with Gasteiger partial charge in [-0.3, -0.25) is 4.57 Å². The summed E-state index contributed by atoms with van der Waals surface area (Å²) in [6, 6.07) is -0.0599. The lowest BCUT2D eigenvalue weighted by Gasteiger charge is -2.37. The van der Waals surface area contributed by atoms with Crippen molar-refractivity contribution in [1.29, 1.82) is 0 Å². The molecule has 90 valence electrons. The molecule has 1 aliphatic rings. The van der Waals surface area contributed by atoms with Crippen molar-refractivity contribution in [3.63, 3.8) is 0 Å². The van der Waals surface area contributed by atoms with Crippen molar-refractivity contribution >= 4 is 30.7 Å². The number of halogens is 2. The third-order valence-electron chi connectivity index (χ3n) is 2.42. The molecule has 1 heterocycles. The van der Waals surface area contributed by atoms with Crippen molar-refractivity contribution in [3.05, 3.63) is 0 Å². The Morgan fingerprint density at radius 1 is 1.47 bits per heavy atom. The number of hydrogen-bond acceptors (Lipinski definition) is 2. The number of alkyl halides is 2. The monoisotopic (exact) mass is 275 g/mol. The number of morpholine rings is 1. The Labute approximate surface area is 100.0 Å². The lowest BCUT2D eigenvalue weighted by Crippen LogP contribution is -2.44. The van der Waals surface area contributed by atoms with Crippen LogP contribution in [0, 0.1) is 0 Å². The number of ether oxygens (including phenoxy) is 1. The number of rotatable bonds is 5. The predicted octanol–water partition coefficient (Wildman–Crippen LogP) is 1.74. The Hall–Kier alpha value is 0.690. The summed E-state index contributed by atoms with van der Waals surface area (Å²) in [4.78, 5) is 9.83. The lowest BCUT2D eigenvalue weighted by molar-refractivity contribution is 0.0260. The van der Waals surface area contributed by atoms with Gasteiger partial charge < -0.3 is 9.63 Å². The van der Waals surface area contributed by atoms with E-state index >= 15 is 0 Å². The maximum Gasteiger partial charge on any atom is 0.271 e. The van der Waals surface area contributed by atoms with Gasteiger partial charge in [0.25, 0.3) is 7.52 Å². The molecule has 0 spiro atoms. The average molecular weight is 276 g/mol. The summed E-state index contributed by atoms with van der Waals surface area (Å²) in [7, 11) is -3.29. The summed E-state index contributed by atoms with van der Waals surface area (Å²) >= 11 is 11.2. The molecule has 2 unspecified atom stereocenters. The summed E-state index contributed by atoms with van der Waals surface area (Å²) < 4.78 is 18.8. The maximum atomic E-state index is 12.0. The van der Waals surface area contributed by atoms with E-state index in [-0.39, 0.29) is 18.1 Å². The smallest absolute Gasteiger partial charge is 0.271 e. The second kappa shape index (κ2) is 6.43. The highest BCUT2D eigenvalue weighted by atomic mass is 35.5. The molecule has 0 amide bonds. The Bertz CT molecular complexity index is 240. The second-order valence-corrected chi connectivity index (χ2v) is 6.49. The molecule has 0 aromatic carbocycles. The predicted molar refractivity (Wildman–Crippen MR) is 62.1 cm³/mol. The van der Waals surface area contributed by atoms with Crippen LogP contribution in [0.3, 0.4) is 0 Å². The average Bonchev–Trinajstić information content (AvgIpc) is 2.19. The molecule has 1 N–H and O–H groups in total. The number of hydrogen-bond donors (Lipinski definition) is 1. The van der Waals surface area contributed by atoms with Crippen molar-refractivity contribution in [2.45, 2.75) is 12.5 Å². The van der Waals surface area contributed by atoms with Gasteiger partial charge in [-0.15, -0.1) is 23.2 Å². The van der Waals surface area contributed by atoms with Crippen LogP contribution in [0.1, 0.15) is 6.42 Å². The van der Waals surface area contributed by atoms with Crippen molar-refractivity contribution in [3.8, 4) is 0 Å². The molecule has 15 heavy (non-hydrogen) atoms. The first kappa shape index (κ1) is 13.8. The molecule has 1 aliphatic heterocycles. The maximum absolute atomic E-state index is 12.0. The van der Waals surface area contributed by atoms with E-state index in [4.69, 9.17) is 27.9 Å². The van der Waals surface area contributed by atoms with Gasteiger partial charge in [-0.25, -0.2) is 4.67 Å². The Morgan fingerprint density at radius 2 is 2.20 bits per heavy atom. The Morgan fingerprint density at radius 3 is 2.80 bits per heavy atom. The van der Waals surface area contributed by atoms with E-state index in [0.29, 0.717) is 32.1 Å². The molecule has 2 atom stereocenters. The fraction of sp³-hybridized carbons (Fsp3) is 1.00. The molecule has 1 fully saturated rings. The SMILES string of the molecule is O=P(O)(CCCl)N1CCOCC1CCCl. The zero-order valence-corrected chi connectivity index (χ0v) is 10.8. The van der Waals surface area contributed by atoms with Crippen LogP contribution >= 0.6 is 30.7 Å². The van der Waals surface area contributed by atoms with Gasteiger partial charge in [0, 0.05) is 24.3 Å². The van der Waals surface area contributed by atoms with Gasteiger partial charge in [0.15, 0.2) is 0 Å². The van der Waals surface area contributed by atoms with Gasteiger partial charge in [0.05, 0.1) is 19.4 Å². The number of nitrogens with zero attached hydrogens (tertiary/aromatic N) is 1. The molecular formula is C8H16Cl2NO3P. The van der Waals surface area contributed by atoms with Crippen LogP contribution in [0.25, 0.3) is 0 Å². The van der Waals surface area contributed by atoms with E-state index in [9.17, 15) is 9.46 Å². The van der Waals surface area contributed by atoms with Crippen molar-refractivity contribution in [2.24, 2.45) is 0 Å². The zero-order chi connectivity index (χ0) is 11.3.